The Morgan fingerprint density at radius 1 is 0.733 bits per heavy atom. The van der Waals surface area contributed by atoms with Gasteiger partial charge in [-0.2, -0.15) is 29.4 Å². The van der Waals surface area contributed by atoms with E-state index in [1.807, 2.05) is 48.1 Å². The molecule has 4 aromatic rings. The van der Waals surface area contributed by atoms with E-state index in [1.165, 1.54) is 5.56 Å². The number of aromatic nitrogens is 1. The van der Waals surface area contributed by atoms with Gasteiger partial charge in [0.05, 0.1) is 0 Å². The first-order valence-corrected chi connectivity index (χ1v) is 9.53. The molecule has 0 amide bonds. The topological polar surface area (TPSA) is 31.7 Å². The van der Waals surface area contributed by atoms with Gasteiger partial charge in [-0.05, 0) is 17.7 Å². The molecule has 0 spiro atoms. The molecule has 147 valence electrons. The summed E-state index contributed by atoms with van der Waals surface area (Å²) in [5, 5.41) is 6.81. The van der Waals surface area contributed by atoms with Crippen LogP contribution in [0.1, 0.15) is 5.56 Å². The molecule has 0 atom stereocenters. The van der Waals surface area contributed by atoms with Gasteiger partial charge < -0.3 is 9.91 Å². The number of hydrogen-bond donors (Lipinski definition) is 0. The number of anilines is 2. The molecule has 1 radical (unpaired) electrons. The molecule has 0 N–H and O–H groups in total. The van der Waals surface area contributed by atoms with Crippen molar-refractivity contribution in [2.75, 3.05) is 9.91 Å². The van der Waals surface area contributed by atoms with E-state index in [0.717, 1.165) is 39.6 Å². The first kappa shape index (κ1) is 18.7. The van der Waals surface area contributed by atoms with E-state index in [2.05, 4.69) is 64.5 Å². The molecule has 4 nitrogen and oxygen atoms in total. The van der Waals surface area contributed by atoms with Crippen LogP contribution in [0.25, 0.3) is 22.3 Å². The van der Waals surface area contributed by atoms with Crippen LogP contribution < -0.4 is 9.91 Å². The van der Waals surface area contributed by atoms with Crippen molar-refractivity contribution in [1.29, 1.82) is 0 Å². The average Bonchev–Trinajstić information content (AvgIpc) is 3.26. The number of amidine groups is 1. The molecule has 0 bridgehead atoms. The van der Waals surface area contributed by atoms with Crippen LogP contribution in [0, 0.1) is 12.7 Å². The van der Waals surface area contributed by atoms with Crippen LogP contribution >= 0.6 is 0 Å². The van der Waals surface area contributed by atoms with Crippen molar-refractivity contribution in [3.63, 3.8) is 0 Å². The summed E-state index contributed by atoms with van der Waals surface area (Å²) >= 11 is 0. The molecule has 3 aromatic carbocycles. The second-order valence-electron chi connectivity index (χ2n) is 6.97. The Hall–Kier alpha value is -3.27. The number of hydrogen-bond acceptors (Lipinski definition) is 4. The van der Waals surface area contributed by atoms with E-state index in [-0.39, 0.29) is 20.1 Å². The fraction of sp³-hybridized carbons (Fsp3) is 0. The van der Waals surface area contributed by atoms with Crippen molar-refractivity contribution in [1.82, 2.24) is 4.98 Å². The summed E-state index contributed by atoms with van der Waals surface area (Å²) in [5.41, 5.74) is 6.60. The number of benzene rings is 3. The molecule has 0 fully saturated rings. The van der Waals surface area contributed by atoms with Crippen LogP contribution in [-0.4, -0.2) is 10.8 Å². The van der Waals surface area contributed by atoms with Crippen LogP contribution in [-0.2, 0) is 20.1 Å². The number of hydrazone groups is 1. The zero-order valence-corrected chi connectivity index (χ0v) is 18.3. The van der Waals surface area contributed by atoms with Crippen molar-refractivity contribution in [2.45, 2.75) is 0 Å². The Labute approximate surface area is 188 Å². The molecule has 6 rings (SSSR count). The molecule has 0 saturated carbocycles. The third-order valence-electron chi connectivity index (χ3n) is 5.28. The Bertz CT molecular complexity index is 1250. The largest absolute Gasteiger partial charge is 0.476 e. The Kier molecular flexibility index (Phi) is 4.70. The van der Waals surface area contributed by atoms with Gasteiger partial charge in [-0.1, -0.05) is 65.8 Å². The van der Waals surface area contributed by atoms with E-state index < -0.39 is 0 Å². The van der Waals surface area contributed by atoms with Crippen LogP contribution in [0.3, 0.4) is 0 Å². The fourth-order valence-electron chi connectivity index (χ4n) is 3.97. The molecular weight excluding hydrogens is 549 g/mol. The smallest absolute Gasteiger partial charge is 0.128 e. The van der Waals surface area contributed by atoms with Gasteiger partial charge in [-0.15, -0.1) is 12.2 Å². The normalized spacial score (nSPS) is 13.7. The summed E-state index contributed by atoms with van der Waals surface area (Å²) in [7, 11) is 0. The second kappa shape index (κ2) is 7.52. The summed E-state index contributed by atoms with van der Waals surface area (Å²) in [4.78, 5) is 6.76. The van der Waals surface area contributed by atoms with Crippen LogP contribution in [0.4, 0.5) is 11.5 Å². The summed E-state index contributed by atoms with van der Waals surface area (Å²) in [6.07, 6.45) is 1.81. The minimum absolute atomic E-state index is 0. The molecule has 30 heavy (non-hydrogen) atoms. The molecule has 0 aliphatic carbocycles. The molecular formula is C25H16IrN4-2. The van der Waals surface area contributed by atoms with E-state index >= 15 is 0 Å². The maximum absolute atomic E-state index is 4.94. The Morgan fingerprint density at radius 3 is 2.33 bits per heavy atom. The standard InChI is InChI=1S/C25H16N4.Ir/c1-2-9-18(10-3-1)19-14-8-16-26-24(19)29-17-28-23-15-7-6-12-21(23)20-11-4-5-13-22(20)25(28)27-29;/h1-14,16-17H;/q-2;. The van der Waals surface area contributed by atoms with E-state index in [4.69, 9.17) is 5.10 Å². The van der Waals surface area contributed by atoms with E-state index in [9.17, 15) is 0 Å². The van der Waals surface area contributed by atoms with Gasteiger partial charge in [-0.25, -0.2) is 4.98 Å². The van der Waals surface area contributed by atoms with Gasteiger partial charge in [-0.3, -0.25) is 0 Å². The Balaban J connectivity index is 0.00000193. The summed E-state index contributed by atoms with van der Waals surface area (Å²) in [6.45, 7) is 2.00. The molecule has 0 unspecified atom stereocenters. The monoisotopic (exact) mass is 565 g/mol. The van der Waals surface area contributed by atoms with E-state index in [0.29, 0.717) is 0 Å². The zero-order chi connectivity index (χ0) is 19.2. The van der Waals surface area contributed by atoms with Gasteiger partial charge >= 0.3 is 0 Å². The Morgan fingerprint density at radius 2 is 1.47 bits per heavy atom. The summed E-state index contributed by atoms with van der Waals surface area (Å²) in [6, 6.07) is 32.2. The number of rotatable bonds is 2. The van der Waals surface area contributed by atoms with Crippen molar-refractivity contribution < 1.29 is 20.1 Å². The maximum atomic E-state index is 4.94. The fourth-order valence-corrected chi connectivity index (χ4v) is 3.97. The van der Waals surface area contributed by atoms with Crippen molar-refractivity contribution >= 4 is 17.3 Å². The first-order valence-electron chi connectivity index (χ1n) is 9.53. The molecule has 1 aromatic heterocycles. The van der Waals surface area contributed by atoms with Crippen molar-refractivity contribution in [3.8, 4) is 22.3 Å². The molecule has 0 saturated heterocycles. The van der Waals surface area contributed by atoms with Crippen molar-refractivity contribution in [2.24, 2.45) is 5.10 Å². The minimum Gasteiger partial charge on any atom is -0.476 e. The number of fused-ring (bicyclic) bond motifs is 6. The quantitative estimate of drug-likeness (QED) is 0.309. The van der Waals surface area contributed by atoms with Crippen LogP contribution in [0.15, 0.2) is 96.2 Å². The zero-order valence-electron chi connectivity index (χ0n) is 15.9. The van der Waals surface area contributed by atoms with Crippen molar-refractivity contribution in [3.05, 3.63) is 109 Å². The van der Waals surface area contributed by atoms with Gasteiger partial charge in [0.2, 0.25) is 0 Å². The molecule has 3 heterocycles. The number of pyridine rings is 1. The van der Waals surface area contributed by atoms with E-state index in [1.54, 1.807) is 6.20 Å². The van der Waals surface area contributed by atoms with Gasteiger partial charge in [0.15, 0.2) is 0 Å². The number of nitrogens with zero attached hydrogens (tertiary/aromatic N) is 4. The predicted octanol–water partition coefficient (Wildman–Crippen LogP) is 5.33. The molecule has 5 heteroatoms. The summed E-state index contributed by atoms with van der Waals surface area (Å²) in [5.74, 6) is 1.69. The molecule has 2 aliphatic heterocycles. The van der Waals surface area contributed by atoms with Gasteiger partial charge in [0.25, 0.3) is 0 Å². The summed E-state index contributed by atoms with van der Waals surface area (Å²) < 4.78 is 0. The third-order valence-corrected chi connectivity index (χ3v) is 5.28. The van der Waals surface area contributed by atoms with Crippen LogP contribution in [0.5, 0.6) is 0 Å². The maximum Gasteiger partial charge on any atom is 0.128 e. The first-order chi connectivity index (χ1) is 14.4. The number of para-hydroxylation sites is 1. The second-order valence-corrected chi connectivity index (χ2v) is 6.97. The van der Waals surface area contributed by atoms with Gasteiger partial charge in [0.1, 0.15) is 11.7 Å². The average molecular weight is 565 g/mol. The SMILES string of the molecule is [Ir].[c-]1cccc2c1N1[CH-]N(c3ncccc3-c3ccccc3)N=C1c1ccccc1-2. The minimum atomic E-state index is 0. The third kappa shape index (κ3) is 2.86. The molecule has 2 aliphatic rings. The predicted molar refractivity (Wildman–Crippen MR) is 116 cm³/mol. The van der Waals surface area contributed by atoms with Gasteiger partial charge in [0, 0.05) is 37.4 Å². The van der Waals surface area contributed by atoms with Crippen LogP contribution in [0.2, 0.25) is 0 Å².